The summed E-state index contributed by atoms with van der Waals surface area (Å²) in [7, 11) is 1.68. The molecule has 0 spiro atoms. The molecule has 3 heteroatoms. The lowest BCUT2D eigenvalue weighted by molar-refractivity contribution is 0.148. The molecule has 0 aliphatic carbocycles. The van der Waals surface area contributed by atoms with Gasteiger partial charge in [0.1, 0.15) is 0 Å². The van der Waals surface area contributed by atoms with E-state index in [-0.39, 0.29) is 6.61 Å². The quantitative estimate of drug-likeness (QED) is 0.741. The van der Waals surface area contributed by atoms with Crippen LogP contribution in [-0.2, 0) is 10.3 Å². The predicted octanol–water partition coefficient (Wildman–Crippen LogP) is 1.75. The van der Waals surface area contributed by atoms with Gasteiger partial charge in [0.2, 0.25) is 0 Å². The van der Waals surface area contributed by atoms with Crippen LogP contribution in [0.15, 0.2) is 18.2 Å². The van der Waals surface area contributed by atoms with E-state index in [1.165, 1.54) is 11.1 Å². The van der Waals surface area contributed by atoms with Crippen molar-refractivity contribution in [2.75, 3.05) is 26.9 Å². The van der Waals surface area contributed by atoms with Crippen LogP contribution in [0, 0.1) is 13.8 Å². The number of aliphatic hydroxyl groups excluding tert-OH is 1. The molecule has 0 aliphatic rings. The Morgan fingerprint density at radius 1 is 1.24 bits per heavy atom. The number of hydrogen-bond donors (Lipinski definition) is 2. The highest BCUT2D eigenvalue weighted by Gasteiger charge is 2.25. The minimum absolute atomic E-state index is 0.0691. The van der Waals surface area contributed by atoms with Crippen molar-refractivity contribution < 1.29 is 9.84 Å². The maximum atomic E-state index is 9.62. The third-order valence-corrected chi connectivity index (χ3v) is 3.00. The molecule has 1 rings (SSSR count). The highest BCUT2D eigenvalue weighted by atomic mass is 16.5. The van der Waals surface area contributed by atoms with Crippen LogP contribution < -0.4 is 5.32 Å². The number of benzene rings is 1. The van der Waals surface area contributed by atoms with Crippen LogP contribution in [0.2, 0.25) is 0 Å². The molecule has 0 bridgehead atoms. The Hall–Kier alpha value is -0.900. The number of aryl methyl sites for hydroxylation is 2. The van der Waals surface area contributed by atoms with E-state index in [4.69, 9.17) is 4.74 Å². The second-order valence-corrected chi connectivity index (χ2v) is 4.79. The fourth-order valence-corrected chi connectivity index (χ4v) is 1.97. The molecule has 0 fully saturated rings. The summed E-state index contributed by atoms with van der Waals surface area (Å²) in [5.41, 5.74) is 3.14. The second-order valence-electron chi connectivity index (χ2n) is 4.79. The van der Waals surface area contributed by atoms with Crippen LogP contribution in [0.3, 0.4) is 0 Å². The van der Waals surface area contributed by atoms with Crippen molar-refractivity contribution in [3.8, 4) is 0 Å². The predicted molar refractivity (Wildman–Crippen MR) is 70.2 cm³/mol. The van der Waals surface area contributed by atoms with Gasteiger partial charge in [0, 0.05) is 13.7 Å². The van der Waals surface area contributed by atoms with E-state index in [2.05, 4.69) is 37.4 Å². The first kappa shape index (κ1) is 14.2. The second kappa shape index (κ2) is 6.15. The molecule has 0 aliphatic heterocycles. The smallest absolute Gasteiger partial charge is 0.0652 e. The van der Waals surface area contributed by atoms with E-state index in [0.717, 1.165) is 12.1 Å². The Morgan fingerprint density at radius 2 is 1.82 bits per heavy atom. The topological polar surface area (TPSA) is 41.5 Å². The highest BCUT2D eigenvalue weighted by molar-refractivity contribution is 5.33. The van der Waals surface area contributed by atoms with Gasteiger partial charge in [-0.15, -0.1) is 0 Å². The van der Waals surface area contributed by atoms with Crippen molar-refractivity contribution >= 4 is 0 Å². The summed E-state index contributed by atoms with van der Waals surface area (Å²) in [6.45, 7) is 7.59. The molecule has 96 valence electrons. The number of aliphatic hydroxyl groups is 1. The van der Waals surface area contributed by atoms with Crippen LogP contribution >= 0.6 is 0 Å². The van der Waals surface area contributed by atoms with Gasteiger partial charge in [-0.05, 0) is 26.3 Å². The number of nitrogens with one attached hydrogen (secondary N) is 1. The Balaban J connectivity index is 2.90. The fraction of sp³-hybridized carbons (Fsp3) is 0.571. The van der Waals surface area contributed by atoms with Crippen molar-refractivity contribution in [1.29, 1.82) is 0 Å². The number of hydrogen-bond acceptors (Lipinski definition) is 3. The van der Waals surface area contributed by atoms with E-state index in [0.29, 0.717) is 6.61 Å². The van der Waals surface area contributed by atoms with Gasteiger partial charge < -0.3 is 15.2 Å². The molecule has 0 radical (unpaired) electrons. The van der Waals surface area contributed by atoms with Crippen molar-refractivity contribution in [2.24, 2.45) is 0 Å². The Bertz CT molecular complexity index is 345. The van der Waals surface area contributed by atoms with Gasteiger partial charge in [0.15, 0.2) is 0 Å². The first-order valence-electron chi connectivity index (χ1n) is 5.95. The maximum absolute atomic E-state index is 9.62. The molecule has 1 unspecified atom stereocenters. The number of ether oxygens (including phenoxy) is 1. The average Bonchev–Trinajstić information content (AvgIpc) is 2.28. The summed E-state index contributed by atoms with van der Waals surface area (Å²) in [6, 6.07) is 6.36. The van der Waals surface area contributed by atoms with Crippen LogP contribution in [-0.4, -0.2) is 32.0 Å². The van der Waals surface area contributed by atoms with Crippen molar-refractivity contribution in [2.45, 2.75) is 26.3 Å². The van der Waals surface area contributed by atoms with Crippen molar-refractivity contribution in [1.82, 2.24) is 5.32 Å². The molecule has 0 saturated carbocycles. The third-order valence-electron chi connectivity index (χ3n) is 3.00. The molecular formula is C14H23NO2. The molecule has 1 atom stereocenters. The lowest BCUT2D eigenvalue weighted by atomic mass is 9.90. The van der Waals surface area contributed by atoms with Gasteiger partial charge in [-0.2, -0.15) is 0 Å². The van der Waals surface area contributed by atoms with Crippen LogP contribution in [0.25, 0.3) is 0 Å². The van der Waals surface area contributed by atoms with Crippen LogP contribution in [0.1, 0.15) is 23.6 Å². The van der Waals surface area contributed by atoms with E-state index in [9.17, 15) is 5.11 Å². The van der Waals surface area contributed by atoms with E-state index < -0.39 is 5.54 Å². The van der Waals surface area contributed by atoms with Gasteiger partial charge in [-0.3, -0.25) is 0 Å². The molecule has 3 nitrogen and oxygen atoms in total. The van der Waals surface area contributed by atoms with Crippen molar-refractivity contribution in [3.05, 3.63) is 34.9 Å². The van der Waals surface area contributed by atoms with Gasteiger partial charge in [-0.1, -0.05) is 29.3 Å². The van der Waals surface area contributed by atoms with E-state index in [1.54, 1.807) is 7.11 Å². The zero-order chi connectivity index (χ0) is 12.9. The molecule has 17 heavy (non-hydrogen) atoms. The van der Waals surface area contributed by atoms with Gasteiger partial charge in [0.05, 0.1) is 18.8 Å². The van der Waals surface area contributed by atoms with Gasteiger partial charge in [-0.25, -0.2) is 0 Å². The Kier molecular flexibility index (Phi) is 5.12. The first-order chi connectivity index (χ1) is 8.01. The summed E-state index contributed by atoms with van der Waals surface area (Å²) >= 11 is 0. The molecule has 1 aromatic carbocycles. The summed E-state index contributed by atoms with van der Waals surface area (Å²) in [4.78, 5) is 0. The first-order valence-corrected chi connectivity index (χ1v) is 5.95. The lowest BCUT2D eigenvalue weighted by Crippen LogP contribution is -2.44. The zero-order valence-electron chi connectivity index (χ0n) is 11.2. The minimum atomic E-state index is -0.407. The van der Waals surface area contributed by atoms with Crippen molar-refractivity contribution in [3.63, 3.8) is 0 Å². The van der Waals surface area contributed by atoms with E-state index in [1.807, 2.05) is 6.92 Å². The SMILES string of the molecule is COCCNC(C)(CO)c1cc(C)cc(C)c1. The molecular weight excluding hydrogens is 214 g/mol. The van der Waals surface area contributed by atoms with Gasteiger partial charge in [0.25, 0.3) is 0 Å². The maximum Gasteiger partial charge on any atom is 0.0652 e. The molecule has 2 N–H and O–H groups in total. The Labute approximate surface area is 104 Å². The van der Waals surface area contributed by atoms with E-state index >= 15 is 0 Å². The average molecular weight is 237 g/mol. The monoisotopic (exact) mass is 237 g/mol. The number of methoxy groups -OCH3 is 1. The zero-order valence-corrected chi connectivity index (χ0v) is 11.2. The Morgan fingerprint density at radius 3 is 2.29 bits per heavy atom. The lowest BCUT2D eigenvalue weighted by Gasteiger charge is -2.30. The summed E-state index contributed by atoms with van der Waals surface area (Å²) in [5.74, 6) is 0. The minimum Gasteiger partial charge on any atom is -0.394 e. The largest absolute Gasteiger partial charge is 0.394 e. The molecule has 1 aromatic rings. The summed E-state index contributed by atoms with van der Waals surface area (Å²) in [5, 5.41) is 13.0. The normalized spacial score (nSPS) is 14.6. The summed E-state index contributed by atoms with van der Waals surface area (Å²) < 4.78 is 5.02. The highest BCUT2D eigenvalue weighted by Crippen LogP contribution is 2.22. The molecule has 0 saturated heterocycles. The standard InChI is InChI=1S/C14H23NO2/c1-11-7-12(2)9-13(8-11)14(3,10-16)15-5-6-17-4/h7-9,15-16H,5-6,10H2,1-4H3. The summed E-state index contributed by atoms with van der Waals surface area (Å²) in [6.07, 6.45) is 0. The van der Waals surface area contributed by atoms with Crippen LogP contribution in [0.4, 0.5) is 0 Å². The molecule has 0 aromatic heterocycles. The molecule has 0 heterocycles. The van der Waals surface area contributed by atoms with Gasteiger partial charge >= 0.3 is 0 Å². The third kappa shape index (κ3) is 3.80. The fourth-order valence-electron chi connectivity index (χ4n) is 1.97. The number of rotatable bonds is 6. The van der Waals surface area contributed by atoms with Crippen LogP contribution in [0.5, 0.6) is 0 Å². The molecule has 0 amide bonds.